The molecule has 0 saturated heterocycles. The molecular formula is C19H14ClNO4. The molecule has 2 aromatic heterocycles. The van der Waals surface area contributed by atoms with Gasteiger partial charge in [-0.1, -0.05) is 23.7 Å². The van der Waals surface area contributed by atoms with Crippen LogP contribution in [0.15, 0.2) is 54.8 Å². The van der Waals surface area contributed by atoms with E-state index in [1.807, 2.05) is 26.0 Å². The van der Waals surface area contributed by atoms with Crippen molar-refractivity contribution < 1.29 is 8.83 Å². The lowest BCUT2D eigenvalue weighted by Crippen LogP contribution is -2.16. The van der Waals surface area contributed by atoms with Crippen molar-refractivity contribution in [1.82, 2.24) is 4.57 Å². The van der Waals surface area contributed by atoms with Crippen LogP contribution in [0.2, 0.25) is 5.02 Å². The summed E-state index contributed by atoms with van der Waals surface area (Å²) >= 11 is 5.95. The fourth-order valence-corrected chi connectivity index (χ4v) is 3.18. The molecule has 126 valence electrons. The van der Waals surface area contributed by atoms with E-state index in [1.54, 1.807) is 18.2 Å². The minimum absolute atomic E-state index is 0.206. The first kappa shape index (κ1) is 15.7. The second-order valence-electron chi connectivity index (χ2n) is 6.04. The Bertz CT molecular complexity index is 1250. The van der Waals surface area contributed by atoms with Crippen LogP contribution in [-0.2, 0) is 6.54 Å². The number of oxazole rings is 1. The first-order chi connectivity index (χ1) is 11.9. The van der Waals surface area contributed by atoms with E-state index < -0.39 is 11.4 Å². The van der Waals surface area contributed by atoms with Crippen molar-refractivity contribution in [2.45, 2.75) is 20.4 Å². The molecule has 25 heavy (non-hydrogen) atoms. The molecule has 0 bridgehead atoms. The smallest absolute Gasteiger partial charge is 0.420 e. The molecule has 2 aromatic carbocycles. The van der Waals surface area contributed by atoms with Crippen LogP contribution in [0, 0.1) is 13.8 Å². The summed E-state index contributed by atoms with van der Waals surface area (Å²) in [6.45, 7) is 4.07. The molecule has 0 aliphatic carbocycles. The summed E-state index contributed by atoms with van der Waals surface area (Å²) in [4.78, 5) is 24.2. The monoisotopic (exact) mass is 355 g/mol. The highest BCUT2D eigenvalue weighted by atomic mass is 35.5. The van der Waals surface area contributed by atoms with E-state index in [1.165, 1.54) is 10.6 Å². The molecule has 0 radical (unpaired) electrons. The largest absolute Gasteiger partial charge is 0.422 e. The van der Waals surface area contributed by atoms with Crippen molar-refractivity contribution in [2.75, 3.05) is 0 Å². The molecule has 0 amide bonds. The summed E-state index contributed by atoms with van der Waals surface area (Å²) in [6, 6.07) is 10.3. The third kappa shape index (κ3) is 2.57. The summed E-state index contributed by atoms with van der Waals surface area (Å²) in [5.41, 5.74) is 3.79. The van der Waals surface area contributed by atoms with E-state index in [-0.39, 0.29) is 6.54 Å². The number of nitrogens with zero attached hydrogens (tertiary/aromatic N) is 1. The van der Waals surface area contributed by atoms with Gasteiger partial charge in [-0.25, -0.2) is 9.59 Å². The van der Waals surface area contributed by atoms with Crippen LogP contribution < -0.4 is 11.4 Å². The van der Waals surface area contributed by atoms with Gasteiger partial charge in [0.05, 0.1) is 12.1 Å². The van der Waals surface area contributed by atoms with Crippen molar-refractivity contribution in [3.05, 3.63) is 79.1 Å². The molecule has 0 fully saturated rings. The molecule has 4 rings (SSSR count). The Labute approximate surface area is 147 Å². The van der Waals surface area contributed by atoms with Gasteiger partial charge in [0.1, 0.15) is 5.58 Å². The molecule has 0 unspecified atom stereocenters. The molecule has 0 N–H and O–H groups in total. The maximum absolute atomic E-state index is 12.2. The second kappa shape index (κ2) is 5.63. The quantitative estimate of drug-likeness (QED) is 0.509. The number of halogens is 1. The second-order valence-corrected chi connectivity index (χ2v) is 6.48. The van der Waals surface area contributed by atoms with Crippen molar-refractivity contribution in [3.63, 3.8) is 0 Å². The SMILES string of the molecule is Cc1ccc2c(Cn3c(=O)oc4cc(Cl)ccc43)cc(=O)oc2c1C. The Balaban J connectivity index is 1.95. The van der Waals surface area contributed by atoms with Crippen LogP contribution in [0.4, 0.5) is 0 Å². The van der Waals surface area contributed by atoms with E-state index >= 15 is 0 Å². The lowest BCUT2D eigenvalue weighted by molar-refractivity contribution is 0.516. The Kier molecular flexibility index (Phi) is 3.54. The number of fused-ring (bicyclic) bond motifs is 2. The number of rotatable bonds is 2. The molecule has 0 atom stereocenters. The van der Waals surface area contributed by atoms with Crippen LogP contribution in [0.25, 0.3) is 22.1 Å². The first-order valence-corrected chi connectivity index (χ1v) is 8.13. The Morgan fingerprint density at radius 2 is 1.84 bits per heavy atom. The van der Waals surface area contributed by atoms with Gasteiger partial charge in [0.15, 0.2) is 5.58 Å². The van der Waals surface area contributed by atoms with Crippen LogP contribution in [-0.4, -0.2) is 4.57 Å². The highest BCUT2D eigenvalue weighted by Gasteiger charge is 2.14. The lowest BCUT2D eigenvalue weighted by atomic mass is 10.0. The number of aryl methyl sites for hydroxylation is 2. The average molecular weight is 356 g/mol. The number of benzene rings is 2. The van der Waals surface area contributed by atoms with Crippen LogP contribution >= 0.6 is 11.6 Å². The number of hydrogen-bond acceptors (Lipinski definition) is 4. The number of aromatic nitrogens is 1. The summed E-state index contributed by atoms with van der Waals surface area (Å²) in [6.07, 6.45) is 0. The zero-order valence-electron chi connectivity index (χ0n) is 13.6. The Morgan fingerprint density at radius 3 is 2.64 bits per heavy atom. The van der Waals surface area contributed by atoms with Gasteiger partial charge in [-0.15, -0.1) is 0 Å². The lowest BCUT2D eigenvalue weighted by Gasteiger charge is -2.09. The van der Waals surface area contributed by atoms with Crippen molar-refractivity contribution in [2.24, 2.45) is 0 Å². The predicted molar refractivity (Wildman–Crippen MR) is 96.5 cm³/mol. The summed E-state index contributed by atoms with van der Waals surface area (Å²) < 4.78 is 12.1. The highest BCUT2D eigenvalue weighted by molar-refractivity contribution is 6.31. The summed E-state index contributed by atoms with van der Waals surface area (Å²) in [5, 5.41) is 1.29. The van der Waals surface area contributed by atoms with Crippen molar-refractivity contribution >= 4 is 33.7 Å². The average Bonchev–Trinajstić information content (AvgIpc) is 2.86. The molecule has 0 aliphatic heterocycles. The molecule has 0 spiro atoms. The first-order valence-electron chi connectivity index (χ1n) is 7.76. The number of hydrogen-bond donors (Lipinski definition) is 0. The maximum atomic E-state index is 12.2. The van der Waals surface area contributed by atoms with E-state index in [4.69, 9.17) is 20.4 Å². The zero-order valence-corrected chi connectivity index (χ0v) is 14.4. The van der Waals surface area contributed by atoms with Gasteiger partial charge in [0.2, 0.25) is 0 Å². The van der Waals surface area contributed by atoms with Gasteiger partial charge in [-0.2, -0.15) is 0 Å². The normalized spacial score (nSPS) is 11.5. The van der Waals surface area contributed by atoms with Gasteiger partial charge in [-0.3, -0.25) is 4.57 Å². The minimum Gasteiger partial charge on any atom is -0.422 e. The fraction of sp³-hybridized carbons (Fsp3) is 0.158. The molecule has 0 saturated carbocycles. The van der Waals surface area contributed by atoms with Crippen LogP contribution in [0.3, 0.4) is 0 Å². The van der Waals surface area contributed by atoms with Gasteiger partial charge in [-0.05, 0) is 42.7 Å². The summed E-state index contributed by atoms with van der Waals surface area (Å²) in [7, 11) is 0. The minimum atomic E-state index is -0.498. The predicted octanol–water partition coefficient (Wildman–Crippen LogP) is 4.02. The fourth-order valence-electron chi connectivity index (χ4n) is 3.02. The van der Waals surface area contributed by atoms with Crippen LogP contribution in [0.5, 0.6) is 0 Å². The highest BCUT2D eigenvalue weighted by Crippen LogP contribution is 2.25. The molecule has 0 aliphatic rings. The third-order valence-corrected chi connectivity index (χ3v) is 4.71. The van der Waals surface area contributed by atoms with E-state index in [2.05, 4.69) is 0 Å². The molecule has 2 heterocycles. The zero-order chi connectivity index (χ0) is 17.7. The van der Waals surface area contributed by atoms with Crippen molar-refractivity contribution in [1.29, 1.82) is 0 Å². The third-order valence-electron chi connectivity index (χ3n) is 4.48. The van der Waals surface area contributed by atoms with Gasteiger partial charge < -0.3 is 8.83 Å². The van der Waals surface area contributed by atoms with Crippen LogP contribution in [0.1, 0.15) is 16.7 Å². The maximum Gasteiger partial charge on any atom is 0.420 e. The van der Waals surface area contributed by atoms with E-state index in [0.717, 1.165) is 16.5 Å². The van der Waals surface area contributed by atoms with Gasteiger partial charge in [0.25, 0.3) is 0 Å². The molecular weight excluding hydrogens is 342 g/mol. The van der Waals surface area contributed by atoms with Gasteiger partial charge >= 0.3 is 11.4 Å². The van der Waals surface area contributed by atoms with E-state index in [0.29, 0.717) is 27.3 Å². The Hall–Kier alpha value is -2.79. The van der Waals surface area contributed by atoms with Crippen molar-refractivity contribution in [3.8, 4) is 0 Å². The molecule has 6 heteroatoms. The molecule has 4 aromatic rings. The summed E-state index contributed by atoms with van der Waals surface area (Å²) in [5.74, 6) is -0.498. The molecule has 5 nitrogen and oxygen atoms in total. The standard InChI is InChI=1S/C19H14ClNO4/c1-10-3-5-14-12(7-17(22)25-18(14)11(10)2)9-21-15-6-4-13(20)8-16(15)24-19(21)23/h3-8H,9H2,1-2H3. The Morgan fingerprint density at radius 1 is 1.04 bits per heavy atom. The van der Waals surface area contributed by atoms with E-state index in [9.17, 15) is 9.59 Å². The topological polar surface area (TPSA) is 65.3 Å². The van der Waals surface area contributed by atoms with Gasteiger partial charge in [0, 0.05) is 22.5 Å².